The number of aliphatic hydroxyl groups is 1. The maximum absolute atomic E-state index is 9.39. The molecule has 0 aliphatic heterocycles. The molecule has 0 saturated heterocycles. The van der Waals surface area contributed by atoms with Crippen LogP contribution in [0.1, 0.15) is 39.5 Å². The molecule has 1 atom stereocenters. The first-order valence-corrected chi connectivity index (χ1v) is 5.77. The Labute approximate surface area is 87.8 Å². The van der Waals surface area contributed by atoms with Gasteiger partial charge in [0, 0.05) is 19.7 Å². The van der Waals surface area contributed by atoms with Gasteiger partial charge in [0.15, 0.2) is 0 Å². The summed E-state index contributed by atoms with van der Waals surface area (Å²) < 4.78 is 5.37. The molecule has 0 fully saturated rings. The third-order valence-electron chi connectivity index (χ3n) is 2.07. The molecule has 0 radical (unpaired) electrons. The first kappa shape index (κ1) is 13.9. The summed E-state index contributed by atoms with van der Waals surface area (Å²) in [4.78, 5) is 0. The Balaban J connectivity index is 2.98. The molecular weight excluding hydrogens is 178 g/mol. The smallest absolute Gasteiger partial charge is 0.0664 e. The van der Waals surface area contributed by atoms with Gasteiger partial charge in [0.1, 0.15) is 0 Å². The average molecular weight is 203 g/mol. The van der Waals surface area contributed by atoms with Crippen LogP contribution in [0.5, 0.6) is 0 Å². The van der Waals surface area contributed by atoms with Gasteiger partial charge >= 0.3 is 0 Å². The van der Waals surface area contributed by atoms with Crippen LogP contribution in [-0.2, 0) is 4.74 Å². The monoisotopic (exact) mass is 203 g/mol. The molecule has 3 nitrogen and oxygen atoms in total. The lowest BCUT2D eigenvalue weighted by Crippen LogP contribution is -2.29. The van der Waals surface area contributed by atoms with Crippen LogP contribution in [0.25, 0.3) is 0 Å². The molecule has 0 aromatic heterocycles. The van der Waals surface area contributed by atoms with Gasteiger partial charge < -0.3 is 15.2 Å². The van der Waals surface area contributed by atoms with Gasteiger partial charge in [-0.3, -0.25) is 0 Å². The summed E-state index contributed by atoms with van der Waals surface area (Å²) in [7, 11) is 0. The number of nitrogens with one attached hydrogen (secondary N) is 1. The van der Waals surface area contributed by atoms with Gasteiger partial charge in [0.2, 0.25) is 0 Å². The summed E-state index contributed by atoms with van der Waals surface area (Å²) >= 11 is 0. The highest BCUT2D eigenvalue weighted by Crippen LogP contribution is 1.93. The van der Waals surface area contributed by atoms with Crippen molar-refractivity contribution < 1.29 is 9.84 Å². The Bertz CT molecular complexity index is 109. The molecule has 86 valence electrons. The number of unbranched alkanes of at least 4 members (excludes halogenated alkanes) is 1. The molecule has 0 aliphatic rings. The molecule has 0 spiro atoms. The van der Waals surface area contributed by atoms with E-state index in [1.807, 2.05) is 0 Å². The number of hydrogen-bond donors (Lipinski definition) is 2. The highest BCUT2D eigenvalue weighted by atomic mass is 16.5. The van der Waals surface area contributed by atoms with Crippen LogP contribution in [0.2, 0.25) is 0 Å². The Morgan fingerprint density at radius 3 is 2.64 bits per heavy atom. The Morgan fingerprint density at radius 1 is 1.21 bits per heavy atom. The predicted molar refractivity (Wildman–Crippen MR) is 59.5 cm³/mol. The molecule has 2 N–H and O–H groups in total. The number of aliphatic hydroxyl groups excluding tert-OH is 1. The fourth-order valence-electron chi connectivity index (χ4n) is 1.20. The number of hydrogen-bond acceptors (Lipinski definition) is 3. The van der Waals surface area contributed by atoms with Crippen molar-refractivity contribution in [2.24, 2.45) is 0 Å². The third kappa shape index (κ3) is 9.96. The maximum Gasteiger partial charge on any atom is 0.0664 e. The number of rotatable bonds is 10. The molecule has 0 heterocycles. The van der Waals surface area contributed by atoms with E-state index in [0.29, 0.717) is 6.54 Å². The summed E-state index contributed by atoms with van der Waals surface area (Å²) in [5.74, 6) is 0. The molecule has 1 unspecified atom stereocenters. The minimum Gasteiger partial charge on any atom is -0.392 e. The standard InChI is InChI=1S/C11H25NO2/c1-3-5-8-14-9-7-12-10-11(13)6-4-2/h11-13H,3-10H2,1-2H3. The molecule has 0 amide bonds. The van der Waals surface area contributed by atoms with Crippen molar-refractivity contribution in [2.45, 2.75) is 45.6 Å². The summed E-state index contributed by atoms with van der Waals surface area (Å²) in [6.45, 7) is 7.36. The second-order valence-corrected chi connectivity index (χ2v) is 3.61. The number of ether oxygens (including phenoxy) is 1. The summed E-state index contributed by atoms with van der Waals surface area (Å²) in [6.07, 6.45) is 4.04. The zero-order chi connectivity index (χ0) is 10.6. The van der Waals surface area contributed by atoms with E-state index in [1.54, 1.807) is 0 Å². The van der Waals surface area contributed by atoms with Gasteiger partial charge in [-0.05, 0) is 12.8 Å². The van der Waals surface area contributed by atoms with Gasteiger partial charge in [0.25, 0.3) is 0 Å². The van der Waals surface area contributed by atoms with Crippen LogP contribution in [0.15, 0.2) is 0 Å². The van der Waals surface area contributed by atoms with E-state index in [2.05, 4.69) is 19.2 Å². The molecule has 0 saturated carbocycles. The fourth-order valence-corrected chi connectivity index (χ4v) is 1.20. The minimum absolute atomic E-state index is 0.198. The van der Waals surface area contributed by atoms with Crippen LogP contribution in [0.4, 0.5) is 0 Å². The Hall–Kier alpha value is -0.120. The average Bonchev–Trinajstić information content (AvgIpc) is 2.17. The van der Waals surface area contributed by atoms with E-state index in [9.17, 15) is 5.11 Å². The quantitative estimate of drug-likeness (QED) is 0.529. The lowest BCUT2D eigenvalue weighted by molar-refractivity contribution is 0.123. The van der Waals surface area contributed by atoms with Gasteiger partial charge in [-0.1, -0.05) is 26.7 Å². The van der Waals surface area contributed by atoms with E-state index >= 15 is 0 Å². The van der Waals surface area contributed by atoms with Gasteiger partial charge in [-0.2, -0.15) is 0 Å². The van der Waals surface area contributed by atoms with Gasteiger partial charge in [-0.15, -0.1) is 0 Å². The first-order valence-electron chi connectivity index (χ1n) is 5.77. The molecule has 3 heteroatoms. The van der Waals surface area contributed by atoms with Crippen molar-refractivity contribution in [3.8, 4) is 0 Å². The Morgan fingerprint density at radius 2 is 2.00 bits per heavy atom. The van der Waals surface area contributed by atoms with Crippen molar-refractivity contribution in [2.75, 3.05) is 26.3 Å². The Kier molecular flexibility index (Phi) is 10.9. The molecule has 14 heavy (non-hydrogen) atoms. The molecule has 0 aromatic rings. The van der Waals surface area contributed by atoms with Gasteiger partial charge in [0.05, 0.1) is 12.7 Å². The van der Waals surface area contributed by atoms with Crippen LogP contribution in [0.3, 0.4) is 0 Å². The topological polar surface area (TPSA) is 41.5 Å². The first-order chi connectivity index (χ1) is 6.81. The molecule has 0 rings (SSSR count). The maximum atomic E-state index is 9.39. The van der Waals surface area contributed by atoms with Crippen molar-refractivity contribution in [3.05, 3.63) is 0 Å². The second-order valence-electron chi connectivity index (χ2n) is 3.61. The second kappa shape index (κ2) is 11.0. The third-order valence-corrected chi connectivity index (χ3v) is 2.07. The molecule has 0 aliphatic carbocycles. The van der Waals surface area contributed by atoms with E-state index in [1.165, 1.54) is 6.42 Å². The zero-order valence-corrected chi connectivity index (χ0v) is 9.59. The summed E-state index contributed by atoms with van der Waals surface area (Å²) in [5.41, 5.74) is 0. The molecular formula is C11H25NO2. The molecule has 0 aromatic carbocycles. The van der Waals surface area contributed by atoms with Gasteiger partial charge in [-0.25, -0.2) is 0 Å². The normalized spacial score (nSPS) is 13.1. The zero-order valence-electron chi connectivity index (χ0n) is 9.59. The van der Waals surface area contributed by atoms with Crippen LogP contribution < -0.4 is 5.32 Å². The summed E-state index contributed by atoms with van der Waals surface area (Å²) in [6, 6.07) is 0. The minimum atomic E-state index is -0.198. The van der Waals surface area contributed by atoms with E-state index < -0.39 is 0 Å². The van der Waals surface area contributed by atoms with E-state index in [-0.39, 0.29) is 6.10 Å². The van der Waals surface area contributed by atoms with Crippen molar-refractivity contribution in [3.63, 3.8) is 0 Å². The van der Waals surface area contributed by atoms with E-state index in [0.717, 1.165) is 39.0 Å². The SMILES string of the molecule is CCCCOCCNCC(O)CCC. The fraction of sp³-hybridized carbons (Fsp3) is 1.00. The highest BCUT2D eigenvalue weighted by Gasteiger charge is 2.00. The van der Waals surface area contributed by atoms with Crippen molar-refractivity contribution >= 4 is 0 Å². The van der Waals surface area contributed by atoms with Crippen molar-refractivity contribution in [1.82, 2.24) is 5.32 Å². The lowest BCUT2D eigenvalue weighted by atomic mass is 10.2. The highest BCUT2D eigenvalue weighted by molar-refractivity contribution is 4.57. The largest absolute Gasteiger partial charge is 0.392 e. The summed E-state index contributed by atoms with van der Waals surface area (Å²) in [5, 5.41) is 12.6. The van der Waals surface area contributed by atoms with Crippen LogP contribution in [0, 0.1) is 0 Å². The van der Waals surface area contributed by atoms with Crippen molar-refractivity contribution in [1.29, 1.82) is 0 Å². The van der Waals surface area contributed by atoms with Crippen LogP contribution >= 0.6 is 0 Å². The predicted octanol–water partition coefficient (Wildman–Crippen LogP) is 1.55. The van der Waals surface area contributed by atoms with E-state index in [4.69, 9.17) is 4.74 Å². The van der Waals surface area contributed by atoms with Crippen LogP contribution in [-0.4, -0.2) is 37.5 Å². The lowest BCUT2D eigenvalue weighted by Gasteiger charge is -2.10. The molecule has 0 bridgehead atoms.